The average Bonchev–Trinajstić information content (AvgIpc) is 3.07. The number of anilines is 3. The third-order valence-corrected chi connectivity index (χ3v) is 10.0. The number of benzene rings is 4. The van der Waals surface area contributed by atoms with E-state index >= 15 is 0 Å². The first-order chi connectivity index (χ1) is 23.4. The minimum atomic E-state index is -4.00. The molecule has 5 N–H and O–H groups in total. The molecule has 12 heteroatoms. The Hall–Kier alpha value is -4.91. The molecule has 1 aliphatic rings. The largest absolute Gasteiger partial charge is 0.486 e. The van der Waals surface area contributed by atoms with Crippen LogP contribution in [0.15, 0.2) is 95.9 Å². The van der Waals surface area contributed by atoms with Gasteiger partial charge in [0.1, 0.15) is 6.10 Å². The number of likely N-dealkylation sites (N-methyl/N-ethyl adjacent to an activating group) is 1. The molecular formula is C37H43N5O6S. The Balaban J connectivity index is 1.37. The van der Waals surface area contributed by atoms with Gasteiger partial charge in [-0.1, -0.05) is 55.0 Å². The van der Waals surface area contributed by atoms with E-state index in [9.17, 15) is 23.1 Å². The summed E-state index contributed by atoms with van der Waals surface area (Å²) < 4.78 is 36.1. The van der Waals surface area contributed by atoms with E-state index in [0.29, 0.717) is 36.6 Å². The van der Waals surface area contributed by atoms with Gasteiger partial charge >= 0.3 is 0 Å². The summed E-state index contributed by atoms with van der Waals surface area (Å²) >= 11 is 0. The summed E-state index contributed by atoms with van der Waals surface area (Å²) in [6, 6.07) is 25.2. The zero-order chi connectivity index (χ0) is 35.3. The number of amides is 2. The summed E-state index contributed by atoms with van der Waals surface area (Å²) in [6.07, 6.45) is -0.461. The van der Waals surface area contributed by atoms with Crippen molar-refractivity contribution in [2.75, 3.05) is 42.5 Å². The van der Waals surface area contributed by atoms with Crippen molar-refractivity contribution in [2.45, 2.75) is 44.4 Å². The first kappa shape index (κ1) is 35.4. The van der Waals surface area contributed by atoms with Crippen LogP contribution in [0.5, 0.6) is 5.75 Å². The van der Waals surface area contributed by atoms with Crippen LogP contribution < -0.4 is 20.5 Å². The number of hydrogen-bond donors (Lipinski definition) is 4. The van der Waals surface area contributed by atoms with E-state index in [2.05, 4.69) is 14.9 Å². The minimum Gasteiger partial charge on any atom is -0.486 e. The summed E-state index contributed by atoms with van der Waals surface area (Å²) in [6.45, 7) is 6.68. The molecule has 0 saturated heterocycles. The number of nitrogens with zero attached hydrogens (tertiary/aromatic N) is 2. The van der Waals surface area contributed by atoms with Crippen molar-refractivity contribution in [3.8, 4) is 5.75 Å². The van der Waals surface area contributed by atoms with E-state index in [-0.39, 0.29) is 46.2 Å². The van der Waals surface area contributed by atoms with Gasteiger partial charge in [0.15, 0.2) is 5.75 Å². The van der Waals surface area contributed by atoms with Crippen LogP contribution in [0.2, 0.25) is 0 Å². The van der Waals surface area contributed by atoms with Crippen LogP contribution in [0.4, 0.5) is 17.1 Å². The molecule has 0 saturated carbocycles. The maximum Gasteiger partial charge on any atom is 0.262 e. The van der Waals surface area contributed by atoms with Crippen LogP contribution in [0.3, 0.4) is 0 Å². The highest BCUT2D eigenvalue weighted by Gasteiger charge is 2.35. The predicted molar refractivity (Wildman–Crippen MR) is 191 cm³/mol. The second-order valence-electron chi connectivity index (χ2n) is 12.7. The number of fused-ring (bicyclic) bond motifs is 1. The highest BCUT2D eigenvalue weighted by molar-refractivity contribution is 7.92. The Labute approximate surface area is 287 Å². The molecule has 4 aromatic carbocycles. The first-order valence-electron chi connectivity index (χ1n) is 16.1. The lowest BCUT2D eigenvalue weighted by Crippen LogP contribution is -2.49. The molecular weight excluding hydrogens is 643 g/mol. The number of nitrogens with two attached hydrogens (primary N) is 1. The number of rotatable bonds is 11. The molecule has 0 bridgehead atoms. The zero-order valence-electron chi connectivity index (χ0n) is 28.1. The lowest BCUT2D eigenvalue weighted by molar-refractivity contribution is 0.0344. The van der Waals surface area contributed by atoms with Crippen LogP contribution in [0, 0.1) is 12.8 Å². The third kappa shape index (κ3) is 8.40. The molecule has 4 aromatic rings. The number of aryl methyl sites for hydroxylation is 1. The number of carbonyl (C=O) groups is 2. The summed E-state index contributed by atoms with van der Waals surface area (Å²) in [5, 5.41) is 12.9. The lowest BCUT2D eigenvalue weighted by Gasteiger charge is -2.38. The van der Waals surface area contributed by atoms with E-state index in [4.69, 9.17) is 10.5 Å². The van der Waals surface area contributed by atoms with Crippen molar-refractivity contribution >= 4 is 38.9 Å². The highest BCUT2D eigenvalue weighted by atomic mass is 32.2. The number of carbonyl (C=O) groups excluding carboxylic acids is 2. The molecule has 0 aromatic heterocycles. The van der Waals surface area contributed by atoms with Gasteiger partial charge in [-0.3, -0.25) is 19.2 Å². The van der Waals surface area contributed by atoms with Crippen LogP contribution in [-0.2, 0) is 16.6 Å². The maximum atomic E-state index is 13.8. The Bertz CT molecular complexity index is 1900. The fraction of sp³-hybridized carbons (Fsp3) is 0.297. The molecule has 1 heterocycles. The van der Waals surface area contributed by atoms with Gasteiger partial charge in [-0.15, -0.1) is 0 Å². The second-order valence-corrected chi connectivity index (χ2v) is 14.3. The number of hydrogen-bond acceptors (Lipinski definition) is 8. The van der Waals surface area contributed by atoms with Gasteiger partial charge < -0.3 is 25.8 Å². The summed E-state index contributed by atoms with van der Waals surface area (Å²) in [5.74, 6) is -0.673. The van der Waals surface area contributed by atoms with Crippen LogP contribution in [0.1, 0.15) is 45.7 Å². The smallest absolute Gasteiger partial charge is 0.262 e. The molecule has 0 fully saturated rings. The third-order valence-electron chi connectivity index (χ3n) is 8.64. The maximum absolute atomic E-state index is 13.8. The lowest BCUT2D eigenvalue weighted by atomic mass is 9.99. The van der Waals surface area contributed by atoms with Gasteiger partial charge in [-0.25, -0.2) is 8.42 Å². The Morgan fingerprint density at radius 3 is 2.37 bits per heavy atom. The number of sulfonamides is 1. The summed E-state index contributed by atoms with van der Waals surface area (Å²) in [7, 11) is -2.06. The first-order valence-corrected chi connectivity index (χ1v) is 17.6. The van der Waals surface area contributed by atoms with Crippen molar-refractivity contribution in [3.63, 3.8) is 0 Å². The topological polar surface area (TPSA) is 154 Å². The Morgan fingerprint density at radius 2 is 1.69 bits per heavy atom. The number of aliphatic hydroxyl groups excluding tert-OH is 1. The van der Waals surface area contributed by atoms with Crippen molar-refractivity contribution in [3.05, 3.63) is 113 Å². The van der Waals surface area contributed by atoms with Crippen molar-refractivity contribution < 1.29 is 27.9 Å². The number of nitrogens with one attached hydrogen (secondary N) is 2. The predicted octanol–water partition coefficient (Wildman–Crippen LogP) is 4.98. The van der Waals surface area contributed by atoms with Gasteiger partial charge in [0, 0.05) is 31.1 Å². The van der Waals surface area contributed by atoms with Gasteiger partial charge in [0.05, 0.1) is 40.2 Å². The van der Waals surface area contributed by atoms with E-state index in [1.807, 2.05) is 33.0 Å². The quantitative estimate of drug-likeness (QED) is 0.161. The Morgan fingerprint density at radius 1 is 1.02 bits per heavy atom. The molecule has 11 nitrogen and oxygen atoms in total. The molecule has 5 rings (SSSR count). The minimum absolute atomic E-state index is 0.0840. The Kier molecular flexibility index (Phi) is 10.9. The van der Waals surface area contributed by atoms with Gasteiger partial charge in [-0.05, 0) is 75.0 Å². The molecule has 258 valence electrons. The second kappa shape index (κ2) is 15.1. The highest BCUT2D eigenvalue weighted by Crippen LogP contribution is 2.36. The van der Waals surface area contributed by atoms with Crippen LogP contribution in [-0.4, -0.2) is 74.0 Å². The number of para-hydroxylation sites is 3. The van der Waals surface area contributed by atoms with Gasteiger partial charge in [0.25, 0.3) is 21.8 Å². The standard InChI is InChI=1S/C37H43N5O6S/c1-24-12-18-29(19-13-24)49(46,47)40-33-11-7-8-30-35(33)48-34(25(2)20-42(37(30)45)26(3)23-43)22-41(4)21-27-14-16-28(17-15-27)36(44)39-32-10-6-5-9-31(32)38/h5-19,25-26,34,40,43H,20-23,38H2,1-4H3,(H,39,44)/t25-,26+,34+/m1/s1. The molecule has 0 unspecified atom stereocenters. The van der Waals surface area contributed by atoms with Crippen molar-refractivity contribution in [1.82, 2.24) is 9.80 Å². The molecule has 49 heavy (non-hydrogen) atoms. The normalized spacial score (nSPS) is 17.0. The van der Waals surface area contributed by atoms with Crippen molar-refractivity contribution in [2.24, 2.45) is 5.92 Å². The fourth-order valence-corrected chi connectivity index (χ4v) is 6.78. The van der Waals surface area contributed by atoms with Gasteiger partial charge in [0.2, 0.25) is 0 Å². The van der Waals surface area contributed by atoms with Gasteiger partial charge in [-0.2, -0.15) is 0 Å². The molecule has 0 radical (unpaired) electrons. The summed E-state index contributed by atoms with van der Waals surface area (Å²) in [4.78, 5) is 30.4. The molecule has 0 aliphatic carbocycles. The molecule has 3 atom stereocenters. The fourth-order valence-electron chi connectivity index (χ4n) is 5.71. The number of nitrogen functional groups attached to an aromatic ring is 1. The van der Waals surface area contributed by atoms with Crippen molar-refractivity contribution in [1.29, 1.82) is 0 Å². The number of ether oxygens (including phenoxy) is 1. The van der Waals surface area contributed by atoms with E-state index in [1.165, 1.54) is 12.1 Å². The number of aliphatic hydroxyl groups is 1. The summed E-state index contributed by atoms with van der Waals surface area (Å²) in [5.41, 5.74) is 9.73. The SMILES string of the molecule is Cc1ccc(S(=O)(=O)Nc2cccc3c2O[C@@H](CN(C)Cc2ccc(C(=O)Nc4ccccc4N)cc2)[C@H](C)CN([C@@H](C)CO)C3=O)cc1. The molecule has 2 amide bonds. The molecule has 1 aliphatic heterocycles. The van der Waals surface area contributed by atoms with E-state index in [1.54, 1.807) is 78.6 Å². The monoisotopic (exact) mass is 685 g/mol. The van der Waals surface area contributed by atoms with Crippen LogP contribution >= 0.6 is 0 Å². The van der Waals surface area contributed by atoms with Crippen LogP contribution in [0.25, 0.3) is 0 Å². The van der Waals surface area contributed by atoms with E-state index < -0.39 is 22.2 Å². The van der Waals surface area contributed by atoms with E-state index in [0.717, 1.165) is 11.1 Å². The average molecular weight is 686 g/mol. The zero-order valence-corrected chi connectivity index (χ0v) is 28.9. The molecule has 0 spiro atoms.